The topological polar surface area (TPSA) is 83.0 Å². The molecule has 3 N–H and O–H groups in total. The van der Waals surface area contributed by atoms with Gasteiger partial charge in [0.1, 0.15) is 5.82 Å². The molecule has 0 amide bonds. The van der Waals surface area contributed by atoms with Crippen LogP contribution in [0.4, 0.5) is 11.8 Å². The minimum Gasteiger partial charge on any atom is -0.395 e. The summed E-state index contributed by atoms with van der Waals surface area (Å²) in [5.41, 5.74) is 2.81. The van der Waals surface area contributed by atoms with Gasteiger partial charge in [-0.2, -0.15) is 4.98 Å². The number of nitrogens with zero attached hydrogens (tertiary/aromatic N) is 3. The SMILES string of the molecule is OCCNc1nc(NCc2cccc(Br)c2)cc(-c2cccnc2)n1. The van der Waals surface area contributed by atoms with E-state index >= 15 is 0 Å². The number of aromatic nitrogens is 3. The number of rotatable bonds is 7. The highest BCUT2D eigenvalue weighted by molar-refractivity contribution is 9.10. The third-order valence-electron chi connectivity index (χ3n) is 3.44. The molecule has 0 spiro atoms. The molecule has 0 saturated carbocycles. The number of pyridine rings is 1. The molecule has 2 heterocycles. The van der Waals surface area contributed by atoms with Crippen molar-refractivity contribution in [3.05, 3.63) is 64.9 Å². The van der Waals surface area contributed by atoms with Crippen molar-refractivity contribution < 1.29 is 5.11 Å². The van der Waals surface area contributed by atoms with Crippen LogP contribution in [-0.4, -0.2) is 33.2 Å². The Bertz CT molecular complexity index is 829. The van der Waals surface area contributed by atoms with Crippen molar-refractivity contribution in [2.75, 3.05) is 23.8 Å². The van der Waals surface area contributed by atoms with Crippen LogP contribution in [-0.2, 0) is 6.54 Å². The number of aliphatic hydroxyl groups is 1. The molecule has 2 aromatic heterocycles. The zero-order valence-corrected chi connectivity index (χ0v) is 15.1. The van der Waals surface area contributed by atoms with Crippen LogP contribution in [0.2, 0.25) is 0 Å². The number of hydrogen-bond acceptors (Lipinski definition) is 6. The summed E-state index contributed by atoms with van der Waals surface area (Å²) in [6, 6.07) is 13.8. The molecule has 3 aromatic rings. The molecule has 6 nitrogen and oxygen atoms in total. The Morgan fingerprint density at radius 2 is 1.96 bits per heavy atom. The van der Waals surface area contributed by atoms with Crippen molar-refractivity contribution in [3.8, 4) is 11.3 Å². The van der Waals surface area contributed by atoms with E-state index in [1.165, 1.54) is 0 Å². The molecule has 3 rings (SSSR count). The van der Waals surface area contributed by atoms with Crippen LogP contribution in [0.3, 0.4) is 0 Å². The molecule has 25 heavy (non-hydrogen) atoms. The fourth-order valence-corrected chi connectivity index (χ4v) is 2.73. The standard InChI is InChI=1S/C18H18BrN5O/c19-15-5-1-3-13(9-15)11-22-17-10-16(14-4-2-6-20-12-14)23-18(24-17)21-7-8-25/h1-6,9-10,12,25H,7-8,11H2,(H2,21,22,23,24). The number of aliphatic hydroxyl groups excluding tert-OH is 1. The maximum atomic E-state index is 9.01. The zero-order chi connectivity index (χ0) is 17.5. The third-order valence-corrected chi connectivity index (χ3v) is 3.93. The molecule has 0 atom stereocenters. The number of halogens is 1. The lowest BCUT2D eigenvalue weighted by atomic mass is 10.2. The second-order valence-electron chi connectivity index (χ2n) is 5.34. The average molecular weight is 400 g/mol. The van der Waals surface area contributed by atoms with Crippen molar-refractivity contribution in [3.63, 3.8) is 0 Å². The molecular formula is C18H18BrN5O. The number of nitrogens with one attached hydrogen (secondary N) is 2. The van der Waals surface area contributed by atoms with Gasteiger partial charge in [-0.15, -0.1) is 0 Å². The molecule has 0 fully saturated rings. The smallest absolute Gasteiger partial charge is 0.225 e. The van der Waals surface area contributed by atoms with Gasteiger partial charge in [-0.05, 0) is 29.8 Å². The monoisotopic (exact) mass is 399 g/mol. The molecule has 0 bridgehead atoms. The summed E-state index contributed by atoms with van der Waals surface area (Å²) in [5, 5.41) is 15.3. The Balaban J connectivity index is 1.84. The maximum Gasteiger partial charge on any atom is 0.225 e. The number of anilines is 2. The lowest BCUT2D eigenvalue weighted by Gasteiger charge is -2.11. The second-order valence-corrected chi connectivity index (χ2v) is 6.25. The van der Waals surface area contributed by atoms with Crippen LogP contribution in [0.15, 0.2) is 59.3 Å². The summed E-state index contributed by atoms with van der Waals surface area (Å²) in [4.78, 5) is 13.1. The average Bonchev–Trinajstić information content (AvgIpc) is 2.65. The van der Waals surface area contributed by atoms with Crippen molar-refractivity contribution in [1.29, 1.82) is 0 Å². The van der Waals surface area contributed by atoms with E-state index in [2.05, 4.69) is 47.6 Å². The molecule has 0 radical (unpaired) electrons. The lowest BCUT2D eigenvalue weighted by molar-refractivity contribution is 0.311. The molecule has 0 aliphatic rings. The van der Waals surface area contributed by atoms with Crippen LogP contribution in [0.25, 0.3) is 11.3 Å². The highest BCUT2D eigenvalue weighted by Gasteiger charge is 2.07. The van der Waals surface area contributed by atoms with Crippen LogP contribution >= 0.6 is 15.9 Å². The molecule has 0 saturated heterocycles. The molecule has 0 aliphatic heterocycles. The lowest BCUT2D eigenvalue weighted by Crippen LogP contribution is -2.11. The van der Waals surface area contributed by atoms with Gasteiger partial charge in [-0.1, -0.05) is 28.1 Å². The summed E-state index contributed by atoms with van der Waals surface area (Å²) >= 11 is 3.48. The minimum absolute atomic E-state index is 0.0152. The highest BCUT2D eigenvalue weighted by Crippen LogP contribution is 2.21. The Labute approximate surface area is 154 Å². The van der Waals surface area contributed by atoms with E-state index in [0.717, 1.165) is 21.3 Å². The van der Waals surface area contributed by atoms with E-state index in [1.807, 2.05) is 36.4 Å². The van der Waals surface area contributed by atoms with Crippen LogP contribution in [0.1, 0.15) is 5.56 Å². The van der Waals surface area contributed by atoms with Crippen molar-refractivity contribution >= 4 is 27.7 Å². The Kier molecular flexibility index (Phi) is 5.92. The number of hydrogen-bond donors (Lipinski definition) is 3. The summed E-state index contributed by atoms with van der Waals surface area (Å²) in [5.74, 6) is 1.17. The van der Waals surface area contributed by atoms with Crippen molar-refractivity contribution in [2.45, 2.75) is 6.54 Å². The van der Waals surface area contributed by atoms with Crippen molar-refractivity contribution in [1.82, 2.24) is 15.0 Å². The predicted octanol–water partition coefficient (Wildman–Crippen LogP) is 3.32. The van der Waals surface area contributed by atoms with E-state index < -0.39 is 0 Å². The first kappa shape index (κ1) is 17.3. The summed E-state index contributed by atoms with van der Waals surface area (Å²) in [6.07, 6.45) is 3.48. The summed E-state index contributed by atoms with van der Waals surface area (Å²) in [7, 11) is 0. The first-order chi connectivity index (χ1) is 12.2. The van der Waals surface area contributed by atoms with E-state index in [4.69, 9.17) is 5.11 Å². The van der Waals surface area contributed by atoms with E-state index in [1.54, 1.807) is 12.4 Å². The Morgan fingerprint density at radius 3 is 2.72 bits per heavy atom. The van der Waals surface area contributed by atoms with Gasteiger partial charge in [0.15, 0.2) is 0 Å². The fraction of sp³-hybridized carbons (Fsp3) is 0.167. The molecule has 0 aliphatic carbocycles. The fourth-order valence-electron chi connectivity index (χ4n) is 2.29. The minimum atomic E-state index is 0.0152. The van der Waals surface area contributed by atoms with Gasteiger partial charge in [0, 0.05) is 41.6 Å². The molecule has 1 aromatic carbocycles. The number of benzene rings is 1. The van der Waals surface area contributed by atoms with Gasteiger partial charge >= 0.3 is 0 Å². The van der Waals surface area contributed by atoms with E-state index in [9.17, 15) is 0 Å². The molecule has 0 unspecified atom stereocenters. The first-order valence-corrected chi connectivity index (χ1v) is 8.66. The van der Waals surface area contributed by atoms with Crippen LogP contribution < -0.4 is 10.6 Å². The highest BCUT2D eigenvalue weighted by atomic mass is 79.9. The Hall–Kier alpha value is -2.51. The Morgan fingerprint density at radius 1 is 1.04 bits per heavy atom. The molecule has 128 valence electrons. The van der Waals surface area contributed by atoms with Crippen LogP contribution in [0, 0.1) is 0 Å². The normalized spacial score (nSPS) is 10.5. The van der Waals surface area contributed by atoms with Gasteiger partial charge in [-0.3, -0.25) is 4.98 Å². The van der Waals surface area contributed by atoms with E-state index in [-0.39, 0.29) is 6.61 Å². The van der Waals surface area contributed by atoms with Crippen molar-refractivity contribution in [2.24, 2.45) is 0 Å². The maximum absolute atomic E-state index is 9.01. The summed E-state index contributed by atoms with van der Waals surface area (Å²) in [6.45, 7) is 1.05. The largest absolute Gasteiger partial charge is 0.395 e. The van der Waals surface area contributed by atoms with Crippen LogP contribution in [0.5, 0.6) is 0 Å². The zero-order valence-electron chi connectivity index (χ0n) is 13.5. The van der Waals surface area contributed by atoms with Gasteiger partial charge in [-0.25, -0.2) is 4.98 Å². The van der Waals surface area contributed by atoms with Gasteiger partial charge in [0.25, 0.3) is 0 Å². The van der Waals surface area contributed by atoms with Gasteiger partial charge in [0.2, 0.25) is 5.95 Å². The van der Waals surface area contributed by atoms with E-state index in [0.29, 0.717) is 24.9 Å². The molecule has 7 heteroatoms. The van der Waals surface area contributed by atoms with Gasteiger partial charge < -0.3 is 15.7 Å². The predicted molar refractivity (Wildman–Crippen MR) is 102 cm³/mol. The quantitative estimate of drug-likeness (QED) is 0.565. The molecular weight excluding hydrogens is 382 g/mol. The summed E-state index contributed by atoms with van der Waals surface area (Å²) < 4.78 is 1.04. The third kappa shape index (κ3) is 4.98. The first-order valence-electron chi connectivity index (χ1n) is 7.87. The van der Waals surface area contributed by atoms with Gasteiger partial charge in [0.05, 0.1) is 12.3 Å². The second kappa shape index (κ2) is 8.55.